The molecule has 4 unspecified atom stereocenters. The van der Waals surface area contributed by atoms with Gasteiger partial charge in [-0.1, -0.05) is 38.1 Å². The highest BCUT2D eigenvalue weighted by molar-refractivity contribution is 5.24. The summed E-state index contributed by atoms with van der Waals surface area (Å²) in [4.78, 5) is 22.3. The second kappa shape index (κ2) is 11.1. The molecule has 0 aromatic heterocycles. The summed E-state index contributed by atoms with van der Waals surface area (Å²) >= 11 is 0. The molecule has 6 aliphatic rings. The fraction of sp³-hybridized carbons (Fsp3) is 0.800. The molecule has 6 fully saturated rings. The van der Waals surface area contributed by atoms with Gasteiger partial charge in [-0.15, -0.1) is 0 Å². The van der Waals surface area contributed by atoms with Gasteiger partial charge in [-0.25, -0.2) is 0 Å². The maximum atomic E-state index is 2.81. The topological polar surface area (TPSA) is 25.9 Å². The minimum atomic E-state index is 0.537. The zero-order valence-electron chi connectivity index (χ0n) is 23.9. The summed E-state index contributed by atoms with van der Waals surface area (Å²) in [7, 11) is 0. The summed E-state index contributed by atoms with van der Waals surface area (Å²) in [5, 5.41) is 0. The van der Waals surface area contributed by atoms with Crippen molar-refractivity contribution in [2.45, 2.75) is 64.4 Å². The Labute approximate surface area is 230 Å². The first kappa shape index (κ1) is 25.8. The summed E-state index contributed by atoms with van der Waals surface area (Å²) in [6.45, 7) is 24.0. The maximum absolute atomic E-state index is 2.81. The Hall–Kier alpha value is -1.10. The summed E-state index contributed by atoms with van der Waals surface area (Å²) < 4.78 is 0. The van der Waals surface area contributed by atoms with E-state index in [4.69, 9.17) is 0 Å². The lowest BCUT2D eigenvalue weighted by Crippen LogP contribution is -2.70. The molecular weight excluding hydrogens is 472 g/mol. The number of hydrogen-bond donors (Lipinski definition) is 0. The van der Waals surface area contributed by atoms with Crippen LogP contribution in [0.1, 0.15) is 37.8 Å². The van der Waals surface area contributed by atoms with Crippen LogP contribution in [0, 0.1) is 0 Å². The first-order chi connectivity index (χ1) is 18.7. The lowest BCUT2D eigenvalue weighted by Gasteiger charge is -2.54. The van der Waals surface area contributed by atoms with E-state index in [2.05, 4.69) is 77.3 Å². The van der Waals surface area contributed by atoms with Crippen LogP contribution in [0.25, 0.3) is 0 Å². The number of nitrogens with zero attached hydrogens (tertiary/aromatic N) is 8. The number of hydrogen-bond acceptors (Lipinski definition) is 8. The van der Waals surface area contributed by atoms with Gasteiger partial charge in [0, 0.05) is 91.6 Å². The van der Waals surface area contributed by atoms with Gasteiger partial charge in [0.15, 0.2) is 0 Å². The van der Waals surface area contributed by atoms with Gasteiger partial charge in [0.1, 0.15) is 0 Å². The van der Waals surface area contributed by atoms with E-state index in [0.717, 1.165) is 13.1 Å². The van der Waals surface area contributed by atoms with Crippen molar-refractivity contribution in [2.75, 3.05) is 91.6 Å². The molecule has 6 heterocycles. The zero-order chi connectivity index (χ0) is 25.6. The van der Waals surface area contributed by atoms with Crippen LogP contribution >= 0.6 is 0 Å². The molecule has 0 saturated carbocycles. The molecular formula is C30H50N8. The van der Waals surface area contributed by atoms with Crippen LogP contribution < -0.4 is 0 Å². The van der Waals surface area contributed by atoms with Crippen LogP contribution in [0.5, 0.6) is 0 Å². The summed E-state index contributed by atoms with van der Waals surface area (Å²) in [6, 6.07) is 9.64. The molecule has 8 heteroatoms. The Bertz CT molecular complexity index is 875. The molecule has 1 aromatic carbocycles. The van der Waals surface area contributed by atoms with E-state index in [9.17, 15) is 0 Å². The Morgan fingerprint density at radius 2 is 0.868 bits per heavy atom. The van der Waals surface area contributed by atoms with Gasteiger partial charge >= 0.3 is 0 Å². The fourth-order valence-electron chi connectivity index (χ4n) is 8.71. The highest BCUT2D eigenvalue weighted by Crippen LogP contribution is 2.33. The molecule has 0 amide bonds. The second-order valence-corrected chi connectivity index (χ2v) is 12.6. The second-order valence-electron chi connectivity index (χ2n) is 12.6. The molecule has 1 aromatic rings. The van der Waals surface area contributed by atoms with Crippen molar-refractivity contribution in [3.8, 4) is 0 Å². The molecule has 6 aliphatic heterocycles. The Morgan fingerprint density at radius 1 is 0.500 bits per heavy atom. The van der Waals surface area contributed by atoms with Crippen LogP contribution in [0.2, 0.25) is 0 Å². The molecule has 0 radical (unpaired) electrons. The third kappa shape index (κ3) is 4.65. The number of piperazine rings is 4. The van der Waals surface area contributed by atoms with E-state index in [-0.39, 0.29) is 0 Å². The normalized spacial score (nSPS) is 34.2. The van der Waals surface area contributed by atoms with E-state index >= 15 is 0 Å². The van der Waals surface area contributed by atoms with Crippen molar-refractivity contribution in [3.05, 3.63) is 35.4 Å². The maximum Gasteiger partial charge on any atom is 0.0925 e. The molecule has 0 spiro atoms. The smallest absolute Gasteiger partial charge is 0.0925 e. The van der Waals surface area contributed by atoms with E-state index in [1.54, 1.807) is 0 Å². The van der Waals surface area contributed by atoms with Crippen molar-refractivity contribution in [2.24, 2.45) is 0 Å². The van der Waals surface area contributed by atoms with E-state index in [1.807, 2.05) is 0 Å². The third-order valence-electron chi connectivity index (χ3n) is 10.4. The van der Waals surface area contributed by atoms with Crippen molar-refractivity contribution < 1.29 is 0 Å². The largest absolute Gasteiger partial charge is 0.284 e. The van der Waals surface area contributed by atoms with Crippen molar-refractivity contribution >= 4 is 0 Å². The quantitative estimate of drug-likeness (QED) is 0.504. The van der Waals surface area contributed by atoms with Gasteiger partial charge in [-0.2, -0.15) is 0 Å². The average molecular weight is 523 g/mol. The van der Waals surface area contributed by atoms with Crippen LogP contribution in [0.4, 0.5) is 0 Å². The lowest BCUT2D eigenvalue weighted by molar-refractivity contribution is -0.121. The van der Waals surface area contributed by atoms with Gasteiger partial charge < -0.3 is 0 Å². The molecule has 4 atom stereocenters. The van der Waals surface area contributed by atoms with Crippen LogP contribution in [0.3, 0.4) is 0 Å². The van der Waals surface area contributed by atoms with E-state index in [0.29, 0.717) is 24.7 Å². The van der Waals surface area contributed by atoms with Crippen LogP contribution in [-0.2, 0) is 13.1 Å². The van der Waals surface area contributed by atoms with Crippen LogP contribution in [0.15, 0.2) is 24.3 Å². The van der Waals surface area contributed by atoms with Gasteiger partial charge in [0.2, 0.25) is 0 Å². The van der Waals surface area contributed by atoms with Gasteiger partial charge in [0.05, 0.1) is 24.7 Å². The molecule has 0 bridgehead atoms. The van der Waals surface area contributed by atoms with Crippen molar-refractivity contribution in [3.63, 3.8) is 0 Å². The minimum Gasteiger partial charge on any atom is -0.284 e. The third-order valence-corrected chi connectivity index (χ3v) is 10.4. The lowest BCUT2D eigenvalue weighted by atomic mass is 10.0. The van der Waals surface area contributed by atoms with Gasteiger partial charge in [-0.05, 0) is 37.1 Å². The van der Waals surface area contributed by atoms with Crippen molar-refractivity contribution in [1.82, 2.24) is 39.2 Å². The van der Waals surface area contributed by atoms with Gasteiger partial charge in [0.25, 0.3) is 0 Å². The highest BCUT2D eigenvalue weighted by atomic mass is 15.6. The minimum absolute atomic E-state index is 0.537. The molecule has 0 aliphatic carbocycles. The SMILES string of the molecule is CCCN1CCN2CCN3CCN(Cc4cccc(CN5CCN6CCN7CCN(CCC)C5C76)c4)C1C23. The summed E-state index contributed by atoms with van der Waals surface area (Å²) in [6.07, 6.45) is 4.75. The number of rotatable bonds is 8. The Morgan fingerprint density at radius 3 is 1.26 bits per heavy atom. The summed E-state index contributed by atoms with van der Waals surface area (Å²) in [5.74, 6) is 0. The Balaban J connectivity index is 1.08. The average Bonchev–Trinajstić information content (AvgIpc) is 3.55. The zero-order valence-corrected chi connectivity index (χ0v) is 23.9. The first-order valence-corrected chi connectivity index (χ1v) is 15.7. The standard InChI is InChI=1S/C30H50N8/c1-3-8-31-10-12-33-14-16-35-18-20-37(29(31)27(33)35)23-25-6-5-7-26(22-25)24-38-21-19-36-17-15-34-13-11-32(9-4-2)30(38)28(34)36/h5-7,22,27-30H,3-4,8-21,23-24H2,1-2H3. The monoisotopic (exact) mass is 522 g/mol. The fourth-order valence-corrected chi connectivity index (χ4v) is 8.71. The van der Waals surface area contributed by atoms with Crippen LogP contribution in [-0.4, -0.2) is 155 Å². The molecule has 38 heavy (non-hydrogen) atoms. The molecule has 7 rings (SSSR count). The predicted octanol–water partition coefficient (Wildman–Crippen LogP) is 1.31. The highest BCUT2D eigenvalue weighted by Gasteiger charge is 2.49. The van der Waals surface area contributed by atoms with E-state index < -0.39 is 0 Å². The Kier molecular flexibility index (Phi) is 7.52. The predicted molar refractivity (Wildman–Crippen MR) is 152 cm³/mol. The van der Waals surface area contributed by atoms with E-state index in [1.165, 1.54) is 116 Å². The molecule has 0 N–H and O–H groups in total. The van der Waals surface area contributed by atoms with Crippen molar-refractivity contribution in [1.29, 1.82) is 0 Å². The molecule has 210 valence electrons. The first-order valence-electron chi connectivity index (χ1n) is 15.7. The summed E-state index contributed by atoms with van der Waals surface area (Å²) in [5.41, 5.74) is 3.00. The van der Waals surface area contributed by atoms with Gasteiger partial charge in [-0.3, -0.25) is 39.2 Å². The molecule has 8 nitrogen and oxygen atoms in total. The number of benzene rings is 1. The molecule has 6 saturated heterocycles.